The van der Waals surface area contributed by atoms with E-state index >= 15 is 0 Å². The van der Waals surface area contributed by atoms with Crippen LogP contribution in [0, 0.1) is 5.82 Å². The van der Waals surface area contributed by atoms with E-state index in [-0.39, 0.29) is 18.0 Å². The SMILES string of the molecule is CCOc1ccccc1OCC(=O)Nc1cc(F)ccc1NC(=O)OC(C)(C)C. The van der Waals surface area contributed by atoms with E-state index < -0.39 is 23.4 Å². The first-order valence-electron chi connectivity index (χ1n) is 9.12. The molecule has 0 fully saturated rings. The van der Waals surface area contributed by atoms with E-state index in [9.17, 15) is 14.0 Å². The molecule has 0 unspecified atom stereocenters. The van der Waals surface area contributed by atoms with Crippen LogP contribution >= 0.6 is 0 Å². The number of halogens is 1. The van der Waals surface area contributed by atoms with Crippen molar-refractivity contribution in [3.63, 3.8) is 0 Å². The van der Waals surface area contributed by atoms with Crippen LogP contribution in [0.2, 0.25) is 0 Å². The second kappa shape index (κ2) is 9.77. The van der Waals surface area contributed by atoms with E-state index in [1.54, 1.807) is 45.0 Å². The molecule has 2 aromatic rings. The quantitative estimate of drug-likeness (QED) is 0.705. The van der Waals surface area contributed by atoms with Crippen LogP contribution in [0.3, 0.4) is 0 Å². The molecule has 0 spiro atoms. The standard InChI is InChI=1S/C21H25FN2O5/c1-5-27-17-8-6-7-9-18(17)28-13-19(25)23-16-12-14(22)10-11-15(16)24-20(26)29-21(2,3)4/h6-12H,5,13H2,1-4H3,(H,23,25)(H,24,26). The van der Waals surface area contributed by atoms with Crippen LogP contribution < -0.4 is 20.1 Å². The molecule has 0 aromatic heterocycles. The predicted octanol–water partition coefficient (Wildman–Crippen LogP) is 4.59. The molecule has 0 atom stereocenters. The largest absolute Gasteiger partial charge is 0.490 e. The van der Waals surface area contributed by atoms with Crippen molar-refractivity contribution in [2.24, 2.45) is 0 Å². The first-order valence-corrected chi connectivity index (χ1v) is 9.12. The van der Waals surface area contributed by atoms with Crippen LogP contribution in [0.4, 0.5) is 20.6 Å². The van der Waals surface area contributed by atoms with Gasteiger partial charge in [0.05, 0.1) is 18.0 Å². The number of para-hydroxylation sites is 2. The van der Waals surface area contributed by atoms with Gasteiger partial charge in [0.2, 0.25) is 0 Å². The van der Waals surface area contributed by atoms with Crippen LogP contribution in [-0.2, 0) is 9.53 Å². The lowest BCUT2D eigenvalue weighted by molar-refractivity contribution is -0.118. The smallest absolute Gasteiger partial charge is 0.412 e. The summed E-state index contributed by atoms with van der Waals surface area (Å²) in [5.74, 6) is -0.177. The van der Waals surface area contributed by atoms with Gasteiger partial charge in [0.15, 0.2) is 18.1 Å². The number of nitrogens with one attached hydrogen (secondary N) is 2. The van der Waals surface area contributed by atoms with Crippen LogP contribution in [0.5, 0.6) is 11.5 Å². The Kier molecular flexibility index (Phi) is 7.41. The van der Waals surface area contributed by atoms with Crippen molar-refractivity contribution >= 4 is 23.4 Å². The molecule has 2 rings (SSSR count). The highest BCUT2D eigenvalue weighted by atomic mass is 19.1. The normalized spacial score (nSPS) is 10.8. The molecule has 29 heavy (non-hydrogen) atoms. The first-order chi connectivity index (χ1) is 13.7. The Morgan fingerprint density at radius 2 is 1.62 bits per heavy atom. The second-order valence-corrected chi connectivity index (χ2v) is 7.03. The number of hydrogen-bond donors (Lipinski definition) is 2. The average Bonchev–Trinajstić information content (AvgIpc) is 2.62. The molecule has 156 valence electrons. The van der Waals surface area contributed by atoms with E-state index in [0.717, 1.165) is 12.1 Å². The van der Waals surface area contributed by atoms with E-state index in [1.165, 1.54) is 6.07 Å². The minimum absolute atomic E-state index is 0.0857. The van der Waals surface area contributed by atoms with Crippen molar-refractivity contribution in [3.8, 4) is 11.5 Å². The summed E-state index contributed by atoms with van der Waals surface area (Å²) in [6.45, 7) is 7.13. The maximum Gasteiger partial charge on any atom is 0.412 e. The zero-order valence-electron chi connectivity index (χ0n) is 16.9. The number of hydrogen-bond acceptors (Lipinski definition) is 5. The molecule has 8 heteroatoms. The number of rotatable bonds is 7. The summed E-state index contributed by atoms with van der Waals surface area (Å²) in [6, 6.07) is 10.5. The highest BCUT2D eigenvalue weighted by molar-refractivity contribution is 5.98. The molecule has 2 aromatic carbocycles. The van der Waals surface area contributed by atoms with Crippen LogP contribution in [0.25, 0.3) is 0 Å². The fourth-order valence-corrected chi connectivity index (χ4v) is 2.32. The summed E-state index contributed by atoms with van der Waals surface area (Å²) in [7, 11) is 0. The number of ether oxygens (including phenoxy) is 3. The van der Waals surface area contributed by atoms with Gasteiger partial charge < -0.3 is 19.5 Å². The van der Waals surface area contributed by atoms with E-state index in [1.807, 2.05) is 6.92 Å². The van der Waals surface area contributed by atoms with Crippen LogP contribution in [-0.4, -0.2) is 30.8 Å². The molecule has 0 heterocycles. The summed E-state index contributed by atoms with van der Waals surface area (Å²) in [5, 5.41) is 5.02. The number of amides is 2. The summed E-state index contributed by atoms with van der Waals surface area (Å²) in [6.07, 6.45) is -0.721. The van der Waals surface area contributed by atoms with Crippen LogP contribution in [0.15, 0.2) is 42.5 Å². The molecular formula is C21H25FN2O5. The molecule has 0 aliphatic rings. The molecule has 2 amide bonds. The maximum atomic E-state index is 13.7. The lowest BCUT2D eigenvalue weighted by Crippen LogP contribution is -2.28. The summed E-state index contributed by atoms with van der Waals surface area (Å²) in [4.78, 5) is 24.3. The molecular weight excluding hydrogens is 379 g/mol. The van der Waals surface area contributed by atoms with Gasteiger partial charge in [0.1, 0.15) is 11.4 Å². The van der Waals surface area contributed by atoms with Crippen molar-refractivity contribution < 1.29 is 28.2 Å². The van der Waals surface area contributed by atoms with Gasteiger partial charge >= 0.3 is 6.09 Å². The highest BCUT2D eigenvalue weighted by Crippen LogP contribution is 2.27. The van der Waals surface area contributed by atoms with Crippen molar-refractivity contribution in [2.75, 3.05) is 23.8 Å². The molecule has 0 saturated carbocycles. The zero-order chi connectivity index (χ0) is 21.4. The number of benzene rings is 2. The van der Waals surface area contributed by atoms with Gasteiger partial charge in [0, 0.05) is 0 Å². The van der Waals surface area contributed by atoms with E-state index in [0.29, 0.717) is 18.1 Å². The Labute approximate surface area is 169 Å². The Hall–Kier alpha value is -3.29. The molecule has 0 radical (unpaired) electrons. The lowest BCUT2D eigenvalue weighted by atomic mass is 10.2. The molecule has 0 aliphatic heterocycles. The molecule has 0 aliphatic carbocycles. The topological polar surface area (TPSA) is 85.9 Å². The average molecular weight is 404 g/mol. The minimum Gasteiger partial charge on any atom is -0.490 e. The maximum absolute atomic E-state index is 13.7. The van der Waals surface area contributed by atoms with Gasteiger partial charge in [-0.15, -0.1) is 0 Å². The monoisotopic (exact) mass is 404 g/mol. The molecule has 0 saturated heterocycles. The lowest BCUT2D eigenvalue weighted by Gasteiger charge is -2.20. The van der Waals surface area contributed by atoms with Gasteiger partial charge in [-0.3, -0.25) is 10.1 Å². The van der Waals surface area contributed by atoms with Gasteiger partial charge in [-0.2, -0.15) is 0 Å². The predicted molar refractivity (Wildman–Crippen MR) is 108 cm³/mol. The van der Waals surface area contributed by atoms with Crippen molar-refractivity contribution in [1.29, 1.82) is 0 Å². The summed E-state index contributed by atoms with van der Waals surface area (Å²) >= 11 is 0. The first kappa shape index (κ1) is 22.0. The number of carbonyl (C=O) groups is 2. The fourth-order valence-electron chi connectivity index (χ4n) is 2.32. The van der Waals surface area contributed by atoms with Crippen molar-refractivity contribution in [1.82, 2.24) is 0 Å². The Morgan fingerprint density at radius 3 is 2.24 bits per heavy atom. The Balaban J connectivity index is 2.04. The van der Waals surface area contributed by atoms with Gasteiger partial charge in [-0.05, 0) is 58.0 Å². The molecule has 0 bridgehead atoms. The van der Waals surface area contributed by atoms with E-state index in [4.69, 9.17) is 14.2 Å². The highest BCUT2D eigenvalue weighted by Gasteiger charge is 2.18. The third-order valence-corrected chi connectivity index (χ3v) is 3.40. The number of anilines is 2. The number of carbonyl (C=O) groups excluding carboxylic acids is 2. The fraction of sp³-hybridized carbons (Fsp3) is 0.333. The van der Waals surface area contributed by atoms with Gasteiger partial charge in [-0.25, -0.2) is 9.18 Å². The van der Waals surface area contributed by atoms with E-state index in [2.05, 4.69) is 10.6 Å². The second-order valence-electron chi connectivity index (χ2n) is 7.03. The molecule has 7 nitrogen and oxygen atoms in total. The minimum atomic E-state index is -0.721. The third kappa shape index (κ3) is 7.33. The van der Waals surface area contributed by atoms with Gasteiger partial charge in [0.25, 0.3) is 5.91 Å². The summed E-state index contributed by atoms with van der Waals surface area (Å²) in [5.41, 5.74) is -0.416. The summed E-state index contributed by atoms with van der Waals surface area (Å²) < 4.78 is 29.8. The third-order valence-electron chi connectivity index (χ3n) is 3.40. The van der Waals surface area contributed by atoms with Gasteiger partial charge in [-0.1, -0.05) is 12.1 Å². The Bertz CT molecular complexity index is 864. The van der Waals surface area contributed by atoms with Crippen molar-refractivity contribution in [3.05, 3.63) is 48.3 Å². The molecule has 2 N–H and O–H groups in total. The van der Waals surface area contributed by atoms with Crippen LogP contribution in [0.1, 0.15) is 27.7 Å². The van der Waals surface area contributed by atoms with Crippen molar-refractivity contribution in [2.45, 2.75) is 33.3 Å². The Morgan fingerprint density at radius 1 is 0.966 bits per heavy atom. The zero-order valence-corrected chi connectivity index (χ0v) is 16.9.